The highest BCUT2D eigenvalue weighted by Gasteiger charge is 2.59. The molecule has 0 amide bonds. The van der Waals surface area contributed by atoms with Crippen molar-refractivity contribution in [1.29, 1.82) is 0 Å². The number of fused-ring (bicyclic) bond motifs is 1. The lowest BCUT2D eigenvalue weighted by Gasteiger charge is -2.58. The molecule has 4 atom stereocenters. The fourth-order valence-electron chi connectivity index (χ4n) is 5.47. The van der Waals surface area contributed by atoms with E-state index in [9.17, 15) is 5.21 Å². The molecule has 1 aromatic carbocycles. The molecule has 1 saturated carbocycles. The van der Waals surface area contributed by atoms with Gasteiger partial charge in [0.15, 0.2) is 0 Å². The van der Waals surface area contributed by atoms with Crippen LogP contribution in [0.25, 0.3) is 0 Å². The van der Waals surface area contributed by atoms with E-state index in [1.165, 1.54) is 36.8 Å². The number of ether oxygens (including phenoxy) is 1. The zero-order valence-electron chi connectivity index (χ0n) is 13.1. The standard InChI is InChI=1S/C18H26NO2/c1-19(20)10-9-18-8-4-3-5-15(18)17(19)11-13-6-7-14(21-2)12-16(13)18/h6-7,12,15,17,20H,3-5,8-11H2,1-2H3/q+1/t15-,17+,18+,19?/m1/s1. The highest BCUT2D eigenvalue weighted by molar-refractivity contribution is 5.45. The highest BCUT2D eigenvalue weighted by Crippen LogP contribution is 2.57. The van der Waals surface area contributed by atoms with E-state index in [4.69, 9.17) is 4.74 Å². The molecular formula is C18H26NO2+. The van der Waals surface area contributed by atoms with Gasteiger partial charge in [-0.2, -0.15) is 4.65 Å². The van der Waals surface area contributed by atoms with Gasteiger partial charge in [0.2, 0.25) is 0 Å². The Morgan fingerprint density at radius 2 is 2.14 bits per heavy atom. The molecule has 1 unspecified atom stereocenters. The maximum atomic E-state index is 10.9. The van der Waals surface area contributed by atoms with Crippen LogP contribution in [0.3, 0.4) is 0 Å². The van der Waals surface area contributed by atoms with Crippen LogP contribution in [0.1, 0.15) is 43.2 Å². The lowest BCUT2D eigenvalue weighted by Crippen LogP contribution is -2.67. The normalized spacial score (nSPS) is 41.1. The van der Waals surface area contributed by atoms with E-state index >= 15 is 0 Å². The number of hydroxylamine groups is 3. The van der Waals surface area contributed by atoms with Crippen molar-refractivity contribution in [2.24, 2.45) is 5.92 Å². The van der Waals surface area contributed by atoms with Crippen LogP contribution in [0.15, 0.2) is 18.2 Å². The van der Waals surface area contributed by atoms with E-state index in [0.717, 1.165) is 25.1 Å². The molecule has 4 rings (SSSR count). The smallest absolute Gasteiger partial charge is 0.126 e. The van der Waals surface area contributed by atoms with Gasteiger partial charge in [-0.3, -0.25) is 0 Å². The fourth-order valence-corrected chi connectivity index (χ4v) is 5.47. The Balaban J connectivity index is 1.89. The van der Waals surface area contributed by atoms with Crippen LogP contribution >= 0.6 is 0 Å². The molecule has 2 fully saturated rings. The van der Waals surface area contributed by atoms with Gasteiger partial charge in [-0.25, -0.2) is 5.21 Å². The van der Waals surface area contributed by atoms with Crippen LogP contribution in [0.2, 0.25) is 0 Å². The third-order valence-electron chi connectivity index (χ3n) is 6.57. The van der Waals surface area contributed by atoms with Gasteiger partial charge in [-0.05, 0) is 36.1 Å². The van der Waals surface area contributed by atoms with Crippen molar-refractivity contribution in [2.45, 2.75) is 50.0 Å². The van der Waals surface area contributed by atoms with E-state index < -0.39 is 0 Å². The number of benzene rings is 1. The lowest BCUT2D eigenvalue weighted by molar-refractivity contribution is -1.11. The first-order valence-corrected chi connectivity index (χ1v) is 8.32. The Kier molecular flexibility index (Phi) is 2.89. The summed E-state index contributed by atoms with van der Waals surface area (Å²) in [6.45, 7) is 0.887. The van der Waals surface area contributed by atoms with E-state index in [1.807, 2.05) is 7.05 Å². The van der Waals surface area contributed by atoms with Crippen LogP contribution in [-0.4, -0.2) is 36.6 Å². The van der Waals surface area contributed by atoms with Crippen molar-refractivity contribution in [3.63, 3.8) is 0 Å². The topological polar surface area (TPSA) is 29.5 Å². The van der Waals surface area contributed by atoms with Crippen molar-refractivity contribution in [3.05, 3.63) is 29.3 Å². The first-order valence-electron chi connectivity index (χ1n) is 8.32. The summed E-state index contributed by atoms with van der Waals surface area (Å²) in [6.07, 6.45) is 7.33. The minimum atomic E-state index is 0.220. The molecule has 0 aromatic heterocycles. The van der Waals surface area contributed by atoms with Crippen LogP contribution in [0.5, 0.6) is 5.75 Å². The molecule has 3 heteroatoms. The van der Waals surface area contributed by atoms with Crippen LogP contribution in [0, 0.1) is 5.92 Å². The molecule has 3 aliphatic rings. The molecule has 2 bridgehead atoms. The zero-order valence-corrected chi connectivity index (χ0v) is 13.1. The average Bonchev–Trinajstić information content (AvgIpc) is 2.51. The Bertz CT molecular complexity index is 568. The van der Waals surface area contributed by atoms with Gasteiger partial charge in [0.1, 0.15) is 18.3 Å². The Labute approximate surface area is 127 Å². The molecule has 0 spiro atoms. The summed E-state index contributed by atoms with van der Waals surface area (Å²) >= 11 is 0. The van der Waals surface area contributed by atoms with Gasteiger partial charge < -0.3 is 4.74 Å². The number of likely N-dealkylation sites (N-methyl/N-ethyl adjacent to an activating group) is 1. The van der Waals surface area contributed by atoms with Gasteiger partial charge >= 0.3 is 0 Å². The summed E-state index contributed by atoms with van der Waals surface area (Å²) in [4.78, 5) is 0. The minimum Gasteiger partial charge on any atom is -0.497 e. The number of quaternary nitrogens is 1. The minimum absolute atomic E-state index is 0.220. The highest BCUT2D eigenvalue weighted by atomic mass is 16.5. The maximum absolute atomic E-state index is 10.9. The number of nitrogens with zero attached hydrogens (tertiary/aromatic N) is 1. The zero-order chi connectivity index (χ0) is 14.7. The second-order valence-electron chi connectivity index (χ2n) is 7.49. The van der Waals surface area contributed by atoms with Crippen LogP contribution in [-0.2, 0) is 11.8 Å². The molecule has 2 aliphatic carbocycles. The fraction of sp³-hybridized carbons (Fsp3) is 0.667. The van der Waals surface area contributed by atoms with Crippen molar-refractivity contribution in [1.82, 2.24) is 0 Å². The molecule has 1 N–H and O–H groups in total. The summed E-state index contributed by atoms with van der Waals surface area (Å²) < 4.78 is 5.70. The second kappa shape index (κ2) is 4.47. The Morgan fingerprint density at radius 3 is 2.95 bits per heavy atom. The van der Waals surface area contributed by atoms with Crippen molar-refractivity contribution >= 4 is 0 Å². The van der Waals surface area contributed by atoms with E-state index in [1.54, 1.807) is 7.11 Å². The SMILES string of the molecule is COc1ccc2c(c1)[C@]13CCCC[C@@H]1[C@H](C2)[N+](C)(O)CC3. The van der Waals surface area contributed by atoms with Gasteiger partial charge in [0.25, 0.3) is 0 Å². The molecule has 3 nitrogen and oxygen atoms in total. The van der Waals surface area contributed by atoms with Crippen LogP contribution < -0.4 is 4.74 Å². The lowest BCUT2D eigenvalue weighted by atomic mass is 9.52. The number of hydrogen-bond acceptors (Lipinski definition) is 2. The molecule has 1 saturated heterocycles. The maximum Gasteiger partial charge on any atom is 0.126 e. The quantitative estimate of drug-likeness (QED) is 0.804. The number of methoxy groups -OCH3 is 1. The number of rotatable bonds is 1. The molecule has 114 valence electrons. The molecule has 0 radical (unpaired) electrons. The molecule has 1 aliphatic heterocycles. The first kappa shape index (κ1) is 13.6. The van der Waals surface area contributed by atoms with Crippen molar-refractivity contribution in [2.75, 3.05) is 20.7 Å². The van der Waals surface area contributed by atoms with Gasteiger partial charge in [-0.15, -0.1) is 0 Å². The summed E-state index contributed by atoms with van der Waals surface area (Å²) in [6, 6.07) is 6.98. The third-order valence-corrected chi connectivity index (χ3v) is 6.57. The molecule has 1 heterocycles. The van der Waals surface area contributed by atoms with E-state index in [-0.39, 0.29) is 4.65 Å². The predicted molar refractivity (Wildman–Crippen MR) is 81.6 cm³/mol. The first-order chi connectivity index (χ1) is 10.1. The van der Waals surface area contributed by atoms with Gasteiger partial charge in [0, 0.05) is 24.2 Å². The number of hydrogen-bond donors (Lipinski definition) is 1. The number of piperidine rings is 1. The summed E-state index contributed by atoms with van der Waals surface area (Å²) in [7, 11) is 3.77. The Morgan fingerprint density at radius 1 is 1.29 bits per heavy atom. The monoisotopic (exact) mass is 288 g/mol. The molecule has 21 heavy (non-hydrogen) atoms. The summed E-state index contributed by atoms with van der Waals surface area (Å²) in [5.74, 6) is 1.62. The van der Waals surface area contributed by atoms with E-state index in [2.05, 4.69) is 18.2 Å². The largest absolute Gasteiger partial charge is 0.497 e. The number of likely N-dealkylation sites (tertiary alicyclic amines) is 1. The van der Waals surface area contributed by atoms with Crippen molar-refractivity contribution < 1.29 is 14.6 Å². The molecular weight excluding hydrogens is 262 g/mol. The third kappa shape index (κ3) is 1.80. The van der Waals surface area contributed by atoms with Gasteiger partial charge in [0.05, 0.1) is 14.2 Å². The van der Waals surface area contributed by atoms with E-state index in [0.29, 0.717) is 17.4 Å². The van der Waals surface area contributed by atoms with Gasteiger partial charge in [-0.1, -0.05) is 18.9 Å². The summed E-state index contributed by atoms with van der Waals surface area (Å²) in [5.41, 5.74) is 3.27. The summed E-state index contributed by atoms with van der Waals surface area (Å²) in [5, 5.41) is 10.9. The molecule has 1 aromatic rings. The Hall–Kier alpha value is -1.06. The predicted octanol–water partition coefficient (Wildman–Crippen LogP) is 3.29. The average molecular weight is 288 g/mol. The second-order valence-corrected chi connectivity index (χ2v) is 7.49. The van der Waals surface area contributed by atoms with Crippen LogP contribution in [0.4, 0.5) is 0 Å². The van der Waals surface area contributed by atoms with Crippen molar-refractivity contribution in [3.8, 4) is 5.75 Å².